The molecule has 0 aliphatic heterocycles. The molecular formula is C21H17BrN4O2. The maximum Gasteiger partial charge on any atom is 0.273 e. The van der Waals surface area contributed by atoms with E-state index in [1.165, 1.54) is 6.20 Å². The minimum absolute atomic E-state index is 0.285. The van der Waals surface area contributed by atoms with Crippen LogP contribution in [0.4, 0.5) is 5.69 Å². The Balaban J connectivity index is 1.76. The Bertz CT molecular complexity index is 1040. The van der Waals surface area contributed by atoms with E-state index >= 15 is 0 Å². The van der Waals surface area contributed by atoms with Crippen molar-refractivity contribution in [3.8, 4) is 0 Å². The molecule has 2 aromatic carbocycles. The lowest BCUT2D eigenvalue weighted by Crippen LogP contribution is -2.21. The number of rotatable bonds is 5. The molecule has 0 aliphatic carbocycles. The number of benzene rings is 2. The van der Waals surface area contributed by atoms with Gasteiger partial charge in [0.15, 0.2) is 0 Å². The highest BCUT2D eigenvalue weighted by Crippen LogP contribution is 2.22. The van der Waals surface area contributed by atoms with E-state index in [0.29, 0.717) is 15.7 Å². The average Bonchev–Trinajstić information content (AvgIpc) is 2.70. The fourth-order valence-electron chi connectivity index (χ4n) is 2.48. The summed E-state index contributed by atoms with van der Waals surface area (Å²) < 4.78 is 0.708. The standard InChI is InChI=1S/C21H17BrN4O2/c1-14-4-2-5-15(10-14)12-24-26-21(28)18-11-17(22)7-8-19(18)25-20(27)16-6-3-9-23-13-16/h2-13H,1H3,(H,25,27)(H,26,28)/b24-12+. The van der Waals surface area contributed by atoms with E-state index in [1.54, 1.807) is 42.7 Å². The van der Waals surface area contributed by atoms with Gasteiger partial charge >= 0.3 is 0 Å². The molecular weight excluding hydrogens is 420 g/mol. The second-order valence-corrected chi connectivity index (χ2v) is 6.91. The second kappa shape index (κ2) is 9.05. The van der Waals surface area contributed by atoms with Crippen molar-refractivity contribution in [1.82, 2.24) is 10.4 Å². The van der Waals surface area contributed by atoms with Crippen molar-refractivity contribution in [2.24, 2.45) is 5.10 Å². The first-order chi connectivity index (χ1) is 13.5. The molecule has 0 bridgehead atoms. The van der Waals surface area contributed by atoms with Crippen LogP contribution >= 0.6 is 15.9 Å². The number of nitrogens with zero attached hydrogens (tertiary/aromatic N) is 2. The van der Waals surface area contributed by atoms with E-state index in [4.69, 9.17) is 0 Å². The molecule has 0 unspecified atom stereocenters. The summed E-state index contributed by atoms with van der Waals surface area (Å²) in [6, 6.07) is 16.1. The van der Waals surface area contributed by atoms with Crippen LogP contribution in [0.3, 0.4) is 0 Å². The summed E-state index contributed by atoms with van der Waals surface area (Å²) in [5.74, 6) is -0.792. The molecule has 140 valence electrons. The first kappa shape index (κ1) is 19.4. The first-order valence-electron chi connectivity index (χ1n) is 8.44. The first-order valence-corrected chi connectivity index (χ1v) is 9.23. The van der Waals surface area contributed by atoms with E-state index in [1.807, 2.05) is 31.2 Å². The summed E-state index contributed by atoms with van der Waals surface area (Å²) >= 11 is 3.35. The lowest BCUT2D eigenvalue weighted by Gasteiger charge is -2.10. The lowest BCUT2D eigenvalue weighted by atomic mass is 10.1. The highest BCUT2D eigenvalue weighted by molar-refractivity contribution is 9.10. The monoisotopic (exact) mass is 436 g/mol. The predicted octanol–water partition coefficient (Wildman–Crippen LogP) is 4.17. The molecule has 0 atom stereocenters. The summed E-state index contributed by atoms with van der Waals surface area (Å²) in [4.78, 5) is 28.9. The van der Waals surface area contributed by atoms with Crippen LogP contribution in [0.1, 0.15) is 31.8 Å². The number of carbonyl (C=O) groups is 2. The summed E-state index contributed by atoms with van der Waals surface area (Å²) in [5.41, 5.74) is 5.53. The van der Waals surface area contributed by atoms with Gasteiger partial charge in [-0.05, 0) is 42.8 Å². The van der Waals surface area contributed by atoms with Gasteiger partial charge in [-0.3, -0.25) is 14.6 Å². The molecule has 0 spiro atoms. The number of carbonyl (C=O) groups excluding carboxylic acids is 2. The molecule has 0 radical (unpaired) electrons. The molecule has 2 amide bonds. The maximum atomic E-state index is 12.6. The summed E-state index contributed by atoms with van der Waals surface area (Å²) in [5, 5.41) is 6.74. The van der Waals surface area contributed by atoms with Gasteiger partial charge in [-0.2, -0.15) is 5.10 Å². The van der Waals surface area contributed by atoms with Crippen LogP contribution in [0, 0.1) is 6.92 Å². The van der Waals surface area contributed by atoms with Crippen molar-refractivity contribution in [3.05, 3.63) is 93.7 Å². The predicted molar refractivity (Wildman–Crippen MR) is 113 cm³/mol. The quantitative estimate of drug-likeness (QED) is 0.464. The van der Waals surface area contributed by atoms with Crippen LogP contribution in [0.25, 0.3) is 0 Å². The van der Waals surface area contributed by atoms with E-state index < -0.39 is 5.91 Å². The fourth-order valence-corrected chi connectivity index (χ4v) is 2.84. The molecule has 0 saturated heterocycles. The zero-order chi connectivity index (χ0) is 19.9. The number of halogens is 1. The van der Waals surface area contributed by atoms with Gasteiger partial charge in [0.1, 0.15) is 0 Å². The Hall–Kier alpha value is -3.32. The third kappa shape index (κ3) is 5.11. The zero-order valence-electron chi connectivity index (χ0n) is 15.0. The largest absolute Gasteiger partial charge is 0.321 e. The Morgan fingerprint density at radius 2 is 1.93 bits per heavy atom. The molecule has 7 heteroatoms. The number of anilines is 1. The van der Waals surface area contributed by atoms with E-state index in [-0.39, 0.29) is 11.5 Å². The molecule has 2 N–H and O–H groups in total. The van der Waals surface area contributed by atoms with Crippen molar-refractivity contribution >= 4 is 39.6 Å². The molecule has 3 aromatic rings. The van der Waals surface area contributed by atoms with Gasteiger partial charge in [0.2, 0.25) is 0 Å². The number of pyridine rings is 1. The molecule has 3 rings (SSSR count). The van der Waals surface area contributed by atoms with Crippen molar-refractivity contribution in [2.45, 2.75) is 6.92 Å². The number of nitrogens with one attached hydrogen (secondary N) is 2. The average molecular weight is 437 g/mol. The van der Waals surface area contributed by atoms with Crippen LogP contribution in [0.2, 0.25) is 0 Å². The van der Waals surface area contributed by atoms with Crippen LogP contribution in [0.5, 0.6) is 0 Å². The van der Waals surface area contributed by atoms with Crippen molar-refractivity contribution in [2.75, 3.05) is 5.32 Å². The van der Waals surface area contributed by atoms with Gasteiger partial charge < -0.3 is 5.32 Å². The lowest BCUT2D eigenvalue weighted by molar-refractivity contribution is 0.0956. The highest BCUT2D eigenvalue weighted by Gasteiger charge is 2.15. The Kier molecular flexibility index (Phi) is 6.29. The molecule has 0 fully saturated rings. The van der Waals surface area contributed by atoms with Gasteiger partial charge in [-0.1, -0.05) is 45.8 Å². The minimum atomic E-state index is -0.438. The number of hydrogen-bond donors (Lipinski definition) is 2. The van der Waals surface area contributed by atoms with Crippen molar-refractivity contribution in [1.29, 1.82) is 0 Å². The molecule has 1 aromatic heterocycles. The summed E-state index contributed by atoms with van der Waals surface area (Å²) in [6.07, 6.45) is 4.61. The maximum absolute atomic E-state index is 12.6. The van der Waals surface area contributed by atoms with Crippen LogP contribution in [-0.4, -0.2) is 23.0 Å². The third-order valence-electron chi connectivity index (χ3n) is 3.82. The van der Waals surface area contributed by atoms with E-state index in [2.05, 4.69) is 36.8 Å². The van der Waals surface area contributed by atoms with Gasteiger partial charge in [0.25, 0.3) is 11.8 Å². The topological polar surface area (TPSA) is 83.5 Å². The molecule has 1 heterocycles. The van der Waals surface area contributed by atoms with Crippen molar-refractivity contribution < 1.29 is 9.59 Å². The van der Waals surface area contributed by atoms with Crippen LogP contribution < -0.4 is 10.7 Å². The third-order valence-corrected chi connectivity index (χ3v) is 4.31. The number of aryl methyl sites for hydroxylation is 1. The van der Waals surface area contributed by atoms with Gasteiger partial charge in [-0.15, -0.1) is 0 Å². The smallest absolute Gasteiger partial charge is 0.273 e. The van der Waals surface area contributed by atoms with Crippen LogP contribution in [0.15, 0.2) is 76.6 Å². The number of aromatic nitrogens is 1. The molecule has 6 nitrogen and oxygen atoms in total. The SMILES string of the molecule is Cc1cccc(/C=N/NC(=O)c2cc(Br)ccc2NC(=O)c2cccnc2)c1. The summed E-state index contributed by atoms with van der Waals surface area (Å²) in [6.45, 7) is 1.98. The molecule has 0 saturated carbocycles. The Morgan fingerprint density at radius 3 is 2.68 bits per heavy atom. The minimum Gasteiger partial charge on any atom is -0.321 e. The fraction of sp³-hybridized carbons (Fsp3) is 0.0476. The zero-order valence-corrected chi connectivity index (χ0v) is 16.6. The summed E-state index contributed by atoms with van der Waals surface area (Å²) in [7, 11) is 0. The van der Waals surface area contributed by atoms with Gasteiger partial charge in [0, 0.05) is 16.9 Å². The van der Waals surface area contributed by atoms with Gasteiger partial charge in [-0.25, -0.2) is 5.43 Å². The number of hydrogen-bond acceptors (Lipinski definition) is 4. The second-order valence-electron chi connectivity index (χ2n) is 6.00. The molecule has 28 heavy (non-hydrogen) atoms. The normalized spacial score (nSPS) is 10.6. The number of amides is 2. The van der Waals surface area contributed by atoms with Gasteiger partial charge in [0.05, 0.1) is 23.0 Å². The number of hydrazone groups is 1. The Morgan fingerprint density at radius 1 is 1.07 bits per heavy atom. The Labute approximate surface area is 170 Å². The van der Waals surface area contributed by atoms with Crippen LogP contribution in [-0.2, 0) is 0 Å². The van der Waals surface area contributed by atoms with E-state index in [0.717, 1.165) is 11.1 Å². The van der Waals surface area contributed by atoms with E-state index in [9.17, 15) is 9.59 Å². The highest BCUT2D eigenvalue weighted by atomic mass is 79.9. The van der Waals surface area contributed by atoms with Crippen molar-refractivity contribution in [3.63, 3.8) is 0 Å². The molecule has 0 aliphatic rings.